The summed E-state index contributed by atoms with van der Waals surface area (Å²) in [4.78, 5) is 19.5. The lowest BCUT2D eigenvalue weighted by molar-refractivity contribution is 0.0954. The molecular formula is C15H13N3OS. The molecule has 0 spiro atoms. The van der Waals surface area contributed by atoms with E-state index >= 15 is 0 Å². The van der Waals surface area contributed by atoms with Crippen LogP contribution in [0, 0.1) is 12.8 Å². The minimum atomic E-state index is -0.0993. The fourth-order valence-electron chi connectivity index (χ4n) is 2.94. The van der Waals surface area contributed by atoms with Gasteiger partial charge in [0, 0.05) is 12.2 Å². The van der Waals surface area contributed by atoms with Gasteiger partial charge in [0.1, 0.15) is 10.8 Å². The first kappa shape index (κ1) is 11.8. The Labute approximate surface area is 120 Å². The van der Waals surface area contributed by atoms with Crippen LogP contribution in [0.1, 0.15) is 22.5 Å². The first-order valence-electron chi connectivity index (χ1n) is 6.67. The molecule has 1 unspecified atom stereocenters. The van der Waals surface area contributed by atoms with Crippen molar-refractivity contribution >= 4 is 33.8 Å². The Bertz CT molecular complexity index is 720. The summed E-state index contributed by atoms with van der Waals surface area (Å²) in [6, 6.07) is 10.1. The Kier molecular flexibility index (Phi) is 2.50. The lowest BCUT2D eigenvalue weighted by Crippen LogP contribution is -2.32. The van der Waals surface area contributed by atoms with Crippen molar-refractivity contribution in [1.29, 1.82) is 0 Å². The monoisotopic (exact) mass is 283 g/mol. The summed E-state index contributed by atoms with van der Waals surface area (Å²) in [5, 5.41) is 0.765. The van der Waals surface area contributed by atoms with E-state index in [4.69, 9.17) is 4.99 Å². The van der Waals surface area contributed by atoms with Crippen molar-refractivity contribution in [2.75, 3.05) is 11.4 Å². The van der Waals surface area contributed by atoms with E-state index in [-0.39, 0.29) is 11.7 Å². The quantitative estimate of drug-likeness (QED) is 0.807. The number of hydrogen-bond acceptors (Lipinski definition) is 5. The molecule has 1 aromatic heterocycles. The number of hydrogen-bond donors (Lipinski definition) is 0. The van der Waals surface area contributed by atoms with Gasteiger partial charge >= 0.3 is 0 Å². The van der Waals surface area contributed by atoms with Crippen LogP contribution < -0.4 is 4.90 Å². The van der Waals surface area contributed by atoms with Gasteiger partial charge in [-0.3, -0.25) is 4.79 Å². The van der Waals surface area contributed by atoms with Crippen LogP contribution in [-0.2, 0) is 0 Å². The third kappa shape index (κ3) is 1.56. The minimum absolute atomic E-state index is 0.0993. The first-order chi connectivity index (χ1) is 9.75. The molecule has 0 bridgehead atoms. The molecule has 4 rings (SSSR count). The summed E-state index contributed by atoms with van der Waals surface area (Å²) < 4.78 is 4.27. The number of carbonyl (C=O) groups is 1. The molecule has 0 amide bonds. The van der Waals surface area contributed by atoms with Gasteiger partial charge in [-0.2, -0.15) is 4.37 Å². The SMILES string of the molecule is Cc1nsc2c1C(=O)C1CCN(c3ccccc3)C1=N2. The number of ketones is 1. The number of anilines is 1. The van der Waals surface area contributed by atoms with Crippen molar-refractivity contribution in [3.8, 4) is 0 Å². The number of para-hydroxylation sites is 1. The number of nitrogens with zero attached hydrogens (tertiary/aromatic N) is 3. The van der Waals surface area contributed by atoms with Crippen LogP contribution in [0.4, 0.5) is 10.7 Å². The number of aromatic nitrogens is 1. The number of Topliss-reactive ketones (excluding diaryl/α,β-unsaturated/α-hetero) is 1. The second kappa shape index (κ2) is 4.24. The molecule has 1 fully saturated rings. The largest absolute Gasteiger partial charge is 0.329 e. The highest BCUT2D eigenvalue weighted by atomic mass is 32.1. The van der Waals surface area contributed by atoms with Crippen molar-refractivity contribution in [1.82, 2.24) is 4.37 Å². The fourth-order valence-corrected chi connectivity index (χ4v) is 3.73. The molecule has 0 radical (unpaired) electrons. The maximum Gasteiger partial charge on any atom is 0.178 e. The Morgan fingerprint density at radius 2 is 2.10 bits per heavy atom. The van der Waals surface area contributed by atoms with Gasteiger partial charge < -0.3 is 4.90 Å². The van der Waals surface area contributed by atoms with Crippen LogP contribution >= 0.6 is 11.5 Å². The third-order valence-electron chi connectivity index (χ3n) is 3.92. The Balaban J connectivity index is 1.83. The van der Waals surface area contributed by atoms with Gasteiger partial charge in [-0.25, -0.2) is 4.99 Å². The Morgan fingerprint density at radius 1 is 1.30 bits per heavy atom. The van der Waals surface area contributed by atoms with E-state index in [9.17, 15) is 4.79 Å². The molecule has 0 N–H and O–H groups in total. The van der Waals surface area contributed by atoms with E-state index in [0.717, 1.165) is 40.7 Å². The van der Waals surface area contributed by atoms with E-state index in [1.807, 2.05) is 25.1 Å². The lowest BCUT2D eigenvalue weighted by atomic mass is 9.94. The zero-order chi connectivity index (χ0) is 13.7. The Hall–Kier alpha value is -2.01. The standard InChI is InChI=1S/C15H13N3OS/c1-9-12-13(19)11-7-8-18(10-5-3-2-4-6-10)14(11)16-15(12)20-17-9/h2-6,11H,7-8H2,1H3. The molecule has 2 aliphatic heterocycles. The number of fused-ring (bicyclic) bond motifs is 2. The average Bonchev–Trinajstić information content (AvgIpc) is 3.05. The van der Waals surface area contributed by atoms with Crippen molar-refractivity contribution in [2.45, 2.75) is 13.3 Å². The Morgan fingerprint density at radius 3 is 2.90 bits per heavy atom. The molecule has 20 heavy (non-hydrogen) atoms. The summed E-state index contributed by atoms with van der Waals surface area (Å²) in [5.41, 5.74) is 2.65. The summed E-state index contributed by atoms with van der Waals surface area (Å²) >= 11 is 1.32. The van der Waals surface area contributed by atoms with Crippen LogP contribution in [-0.4, -0.2) is 22.5 Å². The number of amidine groups is 1. The summed E-state index contributed by atoms with van der Waals surface area (Å²) in [7, 11) is 0. The molecule has 4 nitrogen and oxygen atoms in total. The molecule has 2 aromatic rings. The van der Waals surface area contributed by atoms with Crippen molar-refractivity contribution in [3.63, 3.8) is 0 Å². The molecule has 2 aliphatic rings. The number of aliphatic imine (C=N–C) groups is 1. The predicted octanol–water partition coefficient (Wildman–Crippen LogP) is 3.20. The lowest BCUT2D eigenvalue weighted by Gasteiger charge is -2.23. The number of rotatable bonds is 1. The van der Waals surface area contributed by atoms with Gasteiger partial charge in [-0.1, -0.05) is 18.2 Å². The first-order valence-corrected chi connectivity index (χ1v) is 7.44. The van der Waals surface area contributed by atoms with Crippen LogP contribution in [0.15, 0.2) is 35.3 Å². The number of aryl methyl sites for hydroxylation is 1. The third-order valence-corrected chi connectivity index (χ3v) is 4.75. The highest BCUT2D eigenvalue weighted by molar-refractivity contribution is 7.10. The molecule has 1 saturated heterocycles. The van der Waals surface area contributed by atoms with Crippen LogP contribution in [0.25, 0.3) is 0 Å². The molecule has 0 aliphatic carbocycles. The summed E-state index contributed by atoms with van der Waals surface area (Å²) in [6.07, 6.45) is 0.835. The van der Waals surface area contributed by atoms with Crippen LogP contribution in [0.5, 0.6) is 0 Å². The minimum Gasteiger partial charge on any atom is -0.329 e. The van der Waals surface area contributed by atoms with Gasteiger partial charge in [0.2, 0.25) is 0 Å². The van der Waals surface area contributed by atoms with E-state index in [2.05, 4.69) is 21.4 Å². The van der Waals surface area contributed by atoms with Gasteiger partial charge in [0.15, 0.2) is 5.78 Å². The van der Waals surface area contributed by atoms with Crippen molar-refractivity contribution < 1.29 is 4.79 Å². The molecule has 1 atom stereocenters. The van der Waals surface area contributed by atoms with E-state index in [1.165, 1.54) is 11.5 Å². The van der Waals surface area contributed by atoms with Gasteiger partial charge in [-0.15, -0.1) is 0 Å². The zero-order valence-corrected chi connectivity index (χ0v) is 11.9. The molecule has 100 valence electrons. The maximum atomic E-state index is 12.6. The van der Waals surface area contributed by atoms with E-state index < -0.39 is 0 Å². The van der Waals surface area contributed by atoms with Crippen molar-refractivity contribution in [2.24, 2.45) is 10.9 Å². The van der Waals surface area contributed by atoms with E-state index in [0.29, 0.717) is 0 Å². The number of benzene rings is 1. The number of carbonyl (C=O) groups excluding carboxylic acids is 1. The smallest absolute Gasteiger partial charge is 0.178 e. The normalized spacial score (nSPS) is 20.6. The predicted molar refractivity (Wildman–Crippen MR) is 80.2 cm³/mol. The second-order valence-corrected chi connectivity index (χ2v) is 5.86. The van der Waals surface area contributed by atoms with Gasteiger partial charge in [0.25, 0.3) is 0 Å². The molecular weight excluding hydrogens is 270 g/mol. The summed E-state index contributed by atoms with van der Waals surface area (Å²) in [5.74, 6) is 0.977. The van der Waals surface area contributed by atoms with Gasteiger partial charge in [0.05, 0.1) is 17.2 Å². The molecule has 0 saturated carbocycles. The fraction of sp³-hybridized carbons (Fsp3) is 0.267. The van der Waals surface area contributed by atoms with Gasteiger partial charge in [-0.05, 0) is 37.0 Å². The molecule has 1 aromatic carbocycles. The van der Waals surface area contributed by atoms with E-state index in [1.54, 1.807) is 0 Å². The zero-order valence-electron chi connectivity index (χ0n) is 11.0. The van der Waals surface area contributed by atoms with Crippen LogP contribution in [0.2, 0.25) is 0 Å². The second-order valence-electron chi connectivity index (χ2n) is 5.11. The topological polar surface area (TPSA) is 45.6 Å². The highest BCUT2D eigenvalue weighted by Gasteiger charge is 2.41. The van der Waals surface area contributed by atoms with Crippen LogP contribution in [0.3, 0.4) is 0 Å². The molecule has 3 heterocycles. The maximum absolute atomic E-state index is 12.6. The molecule has 5 heteroatoms. The summed E-state index contributed by atoms with van der Waals surface area (Å²) in [6.45, 7) is 2.73. The van der Waals surface area contributed by atoms with Crippen molar-refractivity contribution in [3.05, 3.63) is 41.6 Å². The highest BCUT2D eigenvalue weighted by Crippen LogP contribution is 2.39. The average molecular weight is 283 g/mol.